The molecule has 1 aliphatic rings. The van der Waals surface area contributed by atoms with Crippen molar-refractivity contribution in [2.75, 3.05) is 20.2 Å². The summed E-state index contributed by atoms with van der Waals surface area (Å²) in [4.78, 5) is 14.4. The molecule has 94 valence electrons. The lowest BCUT2D eigenvalue weighted by Gasteiger charge is -2.46. The molecule has 1 N–H and O–H groups in total. The summed E-state index contributed by atoms with van der Waals surface area (Å²) >= 11 is 1.38. The maximum Gasteiger partial charge on any atom is 0.267 e. The Hall–Kier alpha value is -1.07. The summed E-state index contributed by atoms with van der Waals surface area (Å²) in [6, 6.07) is 1.79. The van der Waals surface area contributed by atoms with Crippen LogP contribution in [0.15, 0.2) is 11.4 Å². The number of aliphatic hydroxyl groups is 1. The Morgan fingerprint density at radius 1 is 1.65 bits per heavy atom. The zero-order valence-corrected chi connectivity index (χ0v) is 10.9. The van der Waals surface area contributed by atoms with Gasteiger partial charge in [0.2, 0.25) is 0 Å². The van der Waals surface area contributed by atoms with Crippen molar-refractivity contribution < 1.29 is 14.6 Å². The third kappa shape index (κ3) is 2.30. The quantitative estimate of drug-likeness (QED) is 0.891. The minimum atomic E-state index is -0.672. The van der Waals surface area contributed by atoms with Crippen LogP contribution in [0.3, 0.4) is 0 Å². The molecule has 17 heavy (non-hydrogen) atoms. The van der Waals surface area contributed by atoms with Gasteiger partial charge in [0.25, 0.3) is 5.91 Å². The maximum atomic E-state index is 12.1. The molecule has 1 aromatic heterocycles. The molecular weight excluding hydrogens is 238 g/mol. The van der Waals surface area contributed by atoms with Crippen molar-refractivity contribution in [1.29, 1.82) is 0 Å². The van der Waals surface area contributed by atoms with Crippen molar-refractivity contribution in [3.05, 3.63) is 16.3 Å². The molecule has 0 bridgehead atoms. The van der Waals surface area contributed by atoms with E-state index in [4.69, 9.17) is 4.74 Å². The van der Waals surface area contributed by atoms with Crippen LogP contribution < -0.4 is 4.74 Å². The summed E-state index contributed by atoms with van der Waals surface area (Å²) < 4.78 is 5.13. The number of ether oxygens (including phenoxy) is 1. The Kier molecular flexibility index (Phi) is 3.40. The van der Waals surface area contributed by atoms with Gasteiger partial charge in [0.1, 0.15) is 10.6 Å². The van der Waals surface area contributed by atoms with Gasteiger partial charge in [-0.2, -0.15) is 0 Å². The van der Waals surface area contributed by atoms with E-state index in [1.165, 1.54) is 11.3 Å². The molecule has 0 saturated carbocycles. The predicted octanol–water partition coefficient (Wildman–Crippen LogP) is 1.74. The number of hydrogen-bond donors (Lipinski definition) is 1. The van der Waals surface area contributed by atoms with Crippen molar-refractivity contribution in [3.8, 4) is 5.75 Å². The zero-order chi connectivity index (χ0) is 12.5. The molecule has 0 aromatic carbocycles. The number of nitrogens with zero attached hydrogens (tertiary/aromatic N) is 1. The Morgan fingerprint density at radius 2 is 2.35 bits per heavy atom. The van der Waals surface area contributed by atoms with Crippen molar-refractivity contribution in [2.45, 2.75) is 25.4 Å². The molecular formula is C12H17NO3S. The van der Waals surface area contributed by atoms with E-state index in [2.05, 4.69) is 0 Å². The lowest BCUT2D eigenvalue weighted by Crippen LogP contribution is -2.63. The Bertz CT molecular complexity index is 410. The fraction of sp³-hybridized carbons (Fsp3) is 0.583. The summed E-state index contributed by atoms with van der Waals surface area (Å²) in [5.74, 6) is 0.573. The van der Waals surface area contributed by atoms with Crippen molar-refractivity contribution in [1.82, 2.24) is 4.90 Å². The molecule has 0 radical (unpaired) electrons. The Balaban J connectivity index is 2.00. The number of amides is 1. The van der Waals surface area contributed by atoms with Gasteiger partial charge in [-0.3, -0.25) is 4.79 Å². The highest BCUT2D eigenvalue weighted by atomic mass is 32.1. The number of carbonyl (C=O) groups excluding carboxylic acids is 1. The van der Waals surface area contributed by atoms with E-state index in [1.54, 1.807) is 18.1 Å². The first kappa shape index (κ1) is 12.4. The second-order valence-corrected chi connectivity index (χ2v) is 5.37. The van der Waals surface area contributed by atoms with Gasteiger partial charge in [-0.1, -0.05) is 13.3 Å². The van der Waals surface area contributed by atoms with Crippen LogP contribution in [0.4, 0.5) is 0 Å². The largest absolute Gasteiger partial charge is 0.495 e. The predicted molar refractivity (Wildman–Crippen MR) is 66.6 cm³/mol. The first-order valence-corrected chi connectivity index (χ1v) is 6.61. The molecule has 4 nitrogen and oxygen atoms in total. The highest BCUT2D eigenvalue weighted by Gasteiger charge is 2.43. The van der Waals surface area contributed by atoms with Crippen molar-refractivity contribution in [2.24, 2.45) is 0 Å². The van der Waals surface area contributed by atoms with Gasteiger partial charge in [-0.25, -0.2) is 0 Å². The van der Waals surface area contributed by atoms with E-state index in [0.717, 1.165) is 12.8 Å². The number of hydrogen-bond acceptors (Lipinski definition) is 4. The summed E-state index contributed by atoms with van der Waals surface area (Å²) in [6.45, 7) is 2.90. The molecule has 0 spiro atoms. The summed E-state index contributed by atoms with van der Waals surface area (Å²) in [7, 11) is 1.56. The monoisotopic (exact) mass is 255 g/mol. The zero-order valence-electron chi connectivity index (χ0n) is 10.1. The number of thiophene rings is 1. The normalized spacial score (nSPS) is 17.7. The SMILES string of the molecule is CCCC1(O)CN(C(=O)c2sccc2OC)C1. The van der Waals surface area contributed by atoms with Gasteiger partial charge in [-0.05, 0) is 17.9 Å². The molecule has 2 heterocycles. The summed E-state index contributed by atoms with van der Waals surface area (Å²) in [5.41, 5.74) is -0.672. The maximum absolute atomic E-state index is 12.1. The molecule has 1 saturated heterocycles. The summed E-state index contributed by atoms with van der Waals surface area (Å²) in [5, 5.41) is 11.9. The molecule has 1 fully saturated rings. The van der Waals surface area contributed by atoms with E-state index in [9.17, 15) is 9.90 Å². The summed E-state index contributed by atoms with van der Waals surface area (Å²) in [6.07, 6.45) is 1.68. The smallest absolute Gasteiger partial charge is 0.267 e. The molecule has 1 amide bonds. The van der Waals surface area contributed by atoms with E-state index in [-0.39, 0.29) is 5.91 Å². The van der Waals surface area contributed by atoms with Gasteiger partial charge in [0.05, 0.1) is 25.8 Å². The average Bonchev–Trinajstić information content (AvgIpc) is 2.73. The topological polar surface area (TPSA) is 49.8 Å². The number of methoxy groups -OCH3 is 1. The van der Waals surface area contributed by atoms with Crippen LogP contribution in [0, 0.1) is 0 Å². The van der Waals surface area contributed by atoms with Gasteiger partial charge >= 0.3 is 0 Å². The Morgan fingerprint density at radius 3 is 2.94 bits per heavy atom. The van der Waals surface area contributed by atoms with E-state index in [0.29, 0.717) is 23.7 Å². The standard InChI is InChI=1S/C12H17NO3S/c1-3-5-12(15)7-13(8-12)11(14)10-9(16-2)4-6-17-10/h4,6,15H,3,5,7-8H2,1-2H3. The lowest BCUT2D eigenvalue weighted by molar-refractivity contribution is -0.0859. The molecule has 0 unspecified atom stereocenters. The molecule has 1 aromatic rings. The molecule has 1 aliphatic heterocycles. The van der Waals surface area contributed by atoms with E-state index < -0.39 is 5.60 Å². The first-order valence-electron chi connectivity index (χ1n) is 5.73. The van der Waals surface area contributed by atoms with E-state index >= 15 is 0 Å². The number of β-amino-alcohol motifs (C(OH)–C–C–N with tert-alkyl or cyclic N) is 1. The van der Waals surface area contributed by atoms with Crippen LogP contribution in [0.2, 0.25) is 0 Å². The molecule has 2 rings (SSSR count). The van der Waals surface area contributed by atoms with Crippen molar-refractivity contribution in [3.63, 3.8) is 0 Å². The highest BCUT2D eigenvalue weighted by molar-refractivity contribution is 7.12. The van der Waals surface area contributed by atoms with Gasteiger partial charge in [-0.15, -0.1) is 11.3 Å². The minimum absolute atomic E-state index is 0.0439. The third-order valence-corrected chi connectivity index (χ3v) is 3.90. The van der Waals surface area contributed by atoms with E-state index in [1.807, 2.05) is 12.3 Å². The third-order valence-electron chi connectivity index (χ3n) is 3.02. The van der Waals surface area contributed by atoms with Gasteiger partial charge < -0.3 is 14.7 Å². The fourth-order valence-electron chi connectivity index (χ4n) is 2.19. The Labute approximate surface area is 105 Å². The first-order chi connectivity index (χ1) is 8.09. The number of rotatable bonds is 4. The fourth-order valence-corrected chi connectivity index (χ4v) is 3.01. The van der Waals surface area contributed by atoms with Crippen LogP contribution in [0.5, 0.6) is 5.75 Å². The van der Waals surface area contributed by atoms with Crippen LogP contribution in [0.25, 0.3) is 0 Å². The molecule has 0 atom stereocenters. The number of likely N-dealkylation sites (tertiary alicyclic amines) is 1. The van der Waals surface area contributed by atoms with Gasteiger partial charge in [0.15, 0.2) is 0 Å². The second-order valence-electron chi connectivity index (χ2n) is 4.45. The van der Waals surface area contributed by atoms with Crippen LogP contribution >= 0.6 is 11.3 Å². The second kappa shape index (κ2) is 4.66. The average molecular weight is 255 g/mol. The molecule has 5 heteroatoms. The van der Waals surface area contributed by atoms with Crippen LogP contribution in [0.1, 0.15) is 29.4 Å². The van der Waals surface area contributed by atoms with Crippen molar-refractivity contribution >= 4 is 17.2 Å². The lowest BCUT2D eigenvalue weighted by atomic mass is 9.89. The molecule has 0 aliphatic carbocycles. The highest BCUT2D eigenvalue weighted by Crippen LogP contribution is 2.31. The van der Waals surface area contributed by atoms with Crippen LogP contribution in [-0.4, -0.2) is 41.7 Å². The van der Waals surface area contributed by atoms with Crippen LogP contribution in [-0.2, 0) is 0 Å². The number of carbonyl (C=O) groups is 1. The minimum Gasteiger partial charge on any atom is -0.495 e. The van der Waals surface area contributed by atoms with Gasteiger partial charge in [0, 0.05) is 0 Å².